The van der Waals surface area contributed by atoms with E-state index in [1.807, 2.05) is 6.07 Å². The van der Waals surface area contributed by atoms with Crippen molar-refractivity contribution in [3.63, 3.8) is 0 Å². The van der Waals surface area contributed by atoms with Gasteiger partial charge in [-0.2, -0.15) is 9.78 Å². The lowest BCUT2D eigenvalue weighted by molar-refractivity contribution is 0.574. The van der Waals surface area contributed by atoms with Gasteiger partial charge in [0, 0.05) is 10.6 Å². The first-order valence-corrected chi connectivity index (χ1v) is 8.86. The van der Waals surface area contributed by atoms with Crippen molar-refractivity contribution >= 4 is 40.3 Å². The molecule has 4 aromatic rings. The van der Waals surface area contributed by atoms with E-state index < -0.39 is 0 Å². The van der Waals surface area contributed by atoms with Crippen LogP contribution < -0.4 is 5.56 Å². The predicted molar refractivity (Wildman–Crippen MR) is 108 cm³/mol. The molecule has 134 valence electrons. The molecule has 2 aromatic carbocycles. The molecule has 0 radical (unpaired) electrons. The predicted octanol–water partition coefficient (Wildman–Crippen LogP) is 5.15. The van der Waals surface area contributed by atoms with Crippen molar-refractivity contribution in [3.05, 3.63) is 86.6 Å². The first-order chi connectivity index (χ1) is 13.0. The van der Waals surface area contributed by atoms with Gasteiger partial charge in [-0.1, -0.05) is 35.3 Å². The zero-order valence-corrected chi connectivity index (χ0v) is 15.7. The molecule has 0 spiro atoms. The summed E-state index contributed by atoms with van der Waals surface area (Å²) in [5.74, 6) is 1.52. The third kappa shape index (κ3) is 3.39. The Kier molecular flexibility index (Phi) is 4.56. The summed E-state index contributed by atoms with van der Waals surface area (Å²) >= 11 is 12.2. The Morgan fingerprint density at radius 2 is 1.93 bits per heavy atom. The average Bonchev–Trinajstić information content (AvgIpc) is 3.12. The molecule has 0 saturated heterocycles. The lowest BCUT2D eigenvalue weighted by atomic mass is 10.2. The molecule has 7 heteroatoms. The number of rotatable bonds is 3. The highest BCUT2D eigenvalue weighted by molar-refractivity contribution is 6.35. The second-order valence-electron chi connectivity index (χ2n) is 5.86. The minimum atomic E-state index is -0.237. The maximum absolute atomic E-state index is 12.6. The van der Waals surface area contributed by atoms with Crippen LogP contribution in [0.15, 0.2) is 68.9 Å². The number of benzene rings is 2. The standard InChI is InChI=1S/C20H13Cl2N3O2/c1-12-24-18-5-3-2-4-15(18)20(26)25(12)23-11-14-7-9-19(27-14)16-10-13(21)6-8-17(16)22/h2-11H,1H3/b23-11-. The fraction of sp³-hybridized carbons (Fsp3) is 0.0500. The monoisotopic (exact) mass is 397 g/mol. The van der Waals surface area contributed by atoms with E-state index in [0.29, 0.717) is 43.9 Å². The van der Waals surface area contributed by atoms with Gasteiger partial charge in [0.05, 0.1) is 22.1 Å². The molecule has 0 aliphatic carbocycles. The number of hydrogen-bond acceptors (Lipinski definition) is 4. The van der Waals surface area contributed by atoms with Crippen LogP contribution in [0.2, 0.25) is 10.0 Å². The molecule has 2 heterocycles. The van der Waals surface area contributed by atoms with E-state index in [2.05, 4.69) is 10.1 Å². The quantitative estimate of drug-likeness (QED) is 0.448. The summed E-state index contributed by atoms with van der Waals surface area (Å²) in [6.45, 7) is 1.73. The van der Waals surface area contributed by atoms with Crippen molar-refractivity contribution in [3.8, 4) is 11.3 Å². The van der Waals surface area contributed by atoms with E-state index in [9.17, 15) is 4.79 Å². The molecular formula is C20H13Cl2N3O2. The lowest BCUT2D eigenvalue weighted by Crippen LogP contribution is -2.20. The van der Waals surface area contributed by atoms with Crippen molar-refractivity contribution in [1.82, 2.24) is 9.66 Å². The van der Waals surface area contributed by atoms with Gasteiger partial charge in [0.1, 0.15) is 17.3 Å². The molecule has 0 aliphatic rings. The summed E-state index contributed by atoms with van der Waals surface area (Å²) in [7, 11) is 0. The van der Waals surface area contributed by atoms with E-state index in [1.54, 1.807) is 55.5 Å². The summed E-state index contributed by atoms with van der Waals surface area (Å²) < 4.78 is 7.01. The molecule has 0 amide bonds. The zero-order valence-electron chi connectivity index (χ0n) is 14.2. The number of nitrogens with zero attached hydrogens (tertiary/aromatic N) is 3. The van der Waals surface area contributed by atoms with Crippen molar-refractivity contribution < 1.29 is 4.42 Å². The van der Waals surface area contributed by atoms with Crippen LogP contribution in [0.5, 0.6) is 0 Å². The van der Waals surface area contributed by atoms with Gasteiger partial charge in [0.25, 0.3) is 5.56 Å². The third-order valence-corrected chi connectivity index (χ3v) is 4.60. The van der Waals surface area contributed by atoms with E-state index in [-0.39, 0.29) is 5.56 Å². The molecule has 0 bridgehead atoms. The summed E-state index contributed by atoms with van der Waals surface area (Å²) in [4.78, 5) is 17.0. The van der Waals surface area contributed by atoms with Crippen LogP contribution in [0.1, 0.15) is 11.6 Å². The highest BCUT2D eigenvalue weighted by atomic mass is 35.5. The van der Waals surface area contributed by atoms with Gasteiger partial charge in [-0.15, -0.1) is 0 Å². The number of aryl methyl sites for hydroxylation is 1. The normalized spacial score (nSPS) is 11.5. The molecule has 0 saturated carbocycles. The number of furan rings is 1. The van der Waals surface area contributed by atoms with Crippen LogP contribution in [-0.2, 0) is 0 Å². The zero-order chi connectivity index (χ0) is 19.0. The van der Waals surface area contributed by atoms with Gasteiger partial charge in [-0.25, -0.2) is 4.98 Å². The Balaban J connectivity index is 1.71. The first-order valence-electron chi connectivity index (χ1n) is 8.11. The van der Waals surface area contributed by atoms with E-state index >= 15 is 0 Å². The van der Waals surface area contributed by atoms with Crippen molar-refractivity contribution in [2.24, 2.45) is 5.10 Å². The summed E-state index contributed by atoms with van der Waals surface area (Å²) in [5.41, 5.74) is 1.09. The second-order valence-corrected chi connectivity index (χ2v) is 6.71. The van der Waals surface area contributed by atoms with E-state index in [0.717, 1.165) is 0 Å². The minimum absolute atomic E-state index is 0.237. The Labute approximate surface area is 164 Å². The molecule has 2 aromatic heterocycles. The maximum atomic E-state index is 12.6. The molecule has 4 rings (SSSR count). The number of halogens is 2. The van der Waals surface area contributed by atoms with Gasteiger partial charge < -0.3 is 4.42 Å². The SMILES string of the molecule is Cc1nc2ccccc2c(=O)n1/N=C\c1ccc(-c2cc(Cl)ccc2Cl)o1. The smallest absolute Gasteiger partial charge is 0.282 e. The summed E-state index contributed by atoms with van der Waals surface area (Å²) in [6.07, 6.45) is 1.47. The van der Waals surface area contributed by atoms with Crippen molar-refractivity contribution in [2.45, 2.75) is 6.92 Å². The van der Waals surface area contributed by atoms with Crippen LogP contribution >= 0.6 is 23.2 Å². The molecule has 27 heavy (non-hydrogen) atoms. The highest BCUT2D eigenvalue weighted by Gasteiger charge is 2.10. The largest absolute Gasteiger partial charge is 0.455 e. The van der Waals surface area contributed by atoms with Gasteiger partial charge >= 0.3 is 0 Å². The first kappa shape index (κ1) is 17.5. The van der Waals surface area contributed by atoms with E-state index in [1.165, 1.54) is 10.9 Å². The number of fused-ring (bicyclic) bond motifs is 1. The van der Waals surface area contributed by atoms with Crippen molar-refractivity contribution in [1.29, 1.82) is 0 Å². The Hall–Kier alpha value is -2.89. The number of hydrogen-bond donors (Lipinski definition) is 0. The van der Waals surface area contributed by atoms with E-state index in [4.69, 9.17) is 27.6 Å². The second kappa shape index (κ2) is 7.02. The summed E-state index contributed by atoms with van der Waals surface area (Å²) in [5, 5.41) is 5.83. The maximum Gasteiger partial charge on any atom is 0.282 e. The van der Waals surface area contributed by atoms with Gasteiger partial charge in [-0.3, -0.25) is 4.79 Å². The Morgan fingerprint density at radius 1 is 1.11 bits per heavy atom. The number of para-hydroxylation sites is 1. The molecular weight excluding hydrogens is 385 g/mol. The Bertz CT molecular complexity index is 1240. The van der Waals surface area contributed by atoms with Crippen LogP contribution in [-0.4, -0.2) is 15.9 Å². The third-order valence-electron chi connectivity index (χ3n) is 4.04. The Morgan fingerprint density at radius 3 is 2.78 bits per heavy atom. The van der Waals surface area contributed by atoms with Crippen LogP contribution in [0.3, 0.4) is 0 Å². The van der Waals surface area contributed by atoms with Crippen molar-refractivity contribution in [2.75, 3.05) is 0 Å². The van der Waals surface area contributed by atoms with Gasteiger partial charge in [-0.05, 0) is 49.4 Å². The summed E-state index contributed by atoms with van der Waals surface area (Å²) in [6, 6.07) is 15.8. The fourth-order valence-corrected chi connectivity index (χ4v) is 3.12. The lowest BCUT2D eigenvalue weighted by Gasteiger charge is -2.04. The van der Waals surface area contributed by atoms with Crippen LogP contribution in [0, 0.1) is 6.92 Å². The average molecular weight is 398 g/mol. The van der Waals surface area contributed by atoms with Gasteiger partial charge in [0.15, 0.2) is 0 Å². The fourth-order valence-electron chi connectivity index (χ4n) is 2.74. The molecule has 5 nitrogen and oxygen atoms in total. The minimum Gasteiger partial charge on any atom is -0.455 e. The van der Waals surface area contributed by atoms with Crippen LogP contribution in [0.25, 0.3) is 22.2 Å². The highest BCUT2D eigenvalue weighted by Crippen LogP contribution is 2.31. The van der Waals surface area contributed by atoms with Gasteiger partial charge in [0.2, 0.25) is 0 Å². The molecule has 0 N–H and O–H groups in total. The number of aromatic nitrogens is 2. The van der Waals surface area contributed by atoms with Crippen LogP contribution in [0.4, 0.5) is 0 Å². The molecule has 0 unspecified atom stereocenters. The topological polar surface area (TPSA) is 60.4 Å². The molecule has 0 atom stereocenters. The molecule has 0 fully saturated rings. The molecule has 0 aliphatic heterocycles.